The number of likely N-dealkylation sites (N-methyl/N-ethyl adjacent to an activating group) is 1. The van der Waals surface area contributed by atoms with Crippen LogP contribution in [-0.4, -0.2) is 39.7 Å². The van der Waals surface area contributed by atoms with Crippen LogP contribution in [0.4, 0.5) is 0 Å². The van der Waals surface area contributed by atoms with Gasteiger partial charge in [0, 0.05) is 5.92 Å². The minimum Gasteiger partial charge on any atom is -0.345 e. The van der Waals surface area contributed by atoms with E-state index in [1.807, 2.05) is 76.2 Å². The van der Waals surface area contributed by atoms with Gasteiger partial charge in [-0.05, 0) is 63.7 Å². The lowest BCUT2D eigenvalue weighted by Gasteiger charge is -2.38. The minimum atomic E-state index is -4.13. The highest BCUT2D eigenvalue weighted by atomic mass is 32.2. The smallest absolute Gasteiger partial charge is 0.299 e. The fourth-order valence-electron chi connectivity index (χ4n) is 5.01. The molecule has 0 amide bonds. The molecule has 0 spiro atoms. The third kappa shape index (κ3) is 7.43. The Hall–Kier alpha value is -3.29. The van der Waals surface area contributed by atoms with Gasteiger partial charge in [-0.2, -0.15) is 8.42 Å². The van der Waals surface area contributed by atoms with Crippen molar-refractivity contribution in [1.29, 1.82) is 0 Å². The zero-order valence-corrected chi connectivity index (χ0v) is 24.1. The maximum Gasteiger partial charge on any atom is 0.299 e. The molecule has 0 aliphatic carbocycles. The van der Waals surface area contributed by atoms with Gasteiger partial charge in [-0.1, -0.05) is 108 Å². The highest BCUT2D eigenvalue weighted by Gasteiger charge is 2.38. The molecule has 0 aromatic heterocycles. The first-order chi connectivity index (χ1) is 18.6. The van der Waals surface area contributed by atoms with Gasteiger partial charge in [-0.3, -0.25) is 0 Å². The van der Waals surface area contributed by atoms with Crippen molar-refractivity contribution in [1.82, 2.24) is 4.90 Å². The average Bonchev–Trinajstić information content (AvgIpc) is 2.90. The lowest BCUT2D eigenvalue weighted by atomic mass is 9.84. The second kappa shape index (κ2) is 12.7. The molecular weight excluding hydrogens is 506 g/mol. The fraction of sp³-hybridized carbons (Fsp3) is 0.273. The number of benzene rings is 4. The van der Waals surface area contributed by atoms with Crippen molar-refractivity contribution in [2.24, 2.45) is 0 Å². The van der Waals surface area contributed by atoms with Crippen LogP contribution in [0.15, 0.2) is 108 Å². The van der Waals surface area contributed by atoms with Crippen molar-refractivity contribution in [3.8, 4) is 0 Å². The van der Waals surface area contributed by atoms with E-state index >= 15 is 0 Å². The van der Waals surface area contributed by atoms with E-state index in [2.05, 4.69) is 42.5 Å². The standard InChI is InChI=1S/C33H37NO4S/c1-24-16-18-30(19-17-24)39(35,36)38-33(37-23-27-21-25(2)20-26(3)22-27)32(34(4)5)31(28-12-8-6-9-13-28)29-14-10-7-11-15-29/h6-22,31-33H,23H2,1-5H3/t32-,33?/m1/s1. The molecule has 0 bridgehead atoms. The van der Waals surface area contributed by atoms with E-state index in [4.69, 9.17) is 8.92 Å². The molecule has 0 saturated carbocycles. The van der Waals surface area contributed by atoms with Crippen LogP contribution >= 0.6 is 0 Å². The largest absolute Gasteiger partial charge is 0.345 e. The first-order valence-corrected chi connectivity index (χ1v) is 14.5. The SMILES string of the molecule is Cc1ccc(S(=O)(=O)OC(OCc2cc(C)cc(C)c2)[C@@H](C(c2ccccc2)c2ccccc2)N(C)C)cc1. The van der Waals surface area contributed by atoms with Crippen LogP contribution in [0.5, 0.6) is 0 Å². The van der Waals surface area contributed by atoms with Crippen LogP contribution in [-0.2, 0) is 25.6 Å². The van der Waals surface area contributed by atoms with Gasteiger partial charge in [0.1, 0.15) is 0 Å². The molecule has 0 N–H and O–H groups in total. The number of hydrogen-bond donors (Lipinski definition) is 0. The molecule has 0 heterocycles. The molecule has 0 aliphatic rings. The van der Waals surface area contributed by atoms with E-state index in [0.29, 0.717) is 0 Å². The van der Waals surface area contributed by atoms with Crippen LogP contribution < -0.4 is 0 Å². The maximum absolute atomic E-state index is 13.6. The molecule has 0 saturated heterocycles. The van der Waals surface area contributed by atoms with Gasteiger partial charge in [0.2, 0.25) is 0 Å². The van der Waals surface area contributed by atoms with Crippen molar-refractivity contribution in [3.05, 3.63) is 137 Å². The summed E-state index contributed by atoms with van der Waals surface area (Å²) in [5.74, 6) is -0.222. The molecule has 1 unspecified atom stereocenters. The molecule has 6 heteroatoms. The van der Waals surface area contributed by atoms with Gasteiger partial charge in [0.15, 0.2) is 6.29 Å². The third-order valence-corrected chi connectivity index (χ3v) is 8.05. The summed E-state index contributed by atoms with van der Waals surface area (Å²) in [5, 5.41) is 0. The molecule has 4 aromatic carbocycles. The molecule has 0 fully saturated rings. The molecule has 0 aliphatic heterocycles. The summed E-state index contributed by atoms with van der Waals surface area (Å²) in [6, 6.07) is 32.6. The summed E-state index contributed by atoms with van der Waals surface area (Å²) in [6.07, 6.45) is -1.10. The molecule has 2 atom stereocenters. The second-order valence-electron chi connectivity index (χ2n) is 10.3. The van der Waals surface area contributed by atoms with Crippen LogP contribution in [0, 0.1) is 20.8 Å². The van der Waals surface area contributed by atoms with E-state index in [1.165, 1.54) is 0 Å². The predicted molar refractivity (Wildman–Crippen MR) is 156 cm³/mol. The van der Waals surface area contributed by atoms with Crippen molar-refractivity contribution in [2.45, 2.75) is 50.5 Å². The molecule has 5 nitrogen and oxygen atoms in total. The number of aryl methyl sites for hydroxylation is 3. The maximum atomic E-state index is 13.6. The quantitative estimate of drug-likeness (QED) is 0.157. The number of hydrogen-bond acceptors (Lipinski definition) is 5. The van der Waals surface area contributed by atoms with E-state index < -0.39 is 22.4 Å². The van der Waals surface area contributed by atoms with E-state index in [0.717, 1.165) is 33.4 Å². The Morgan fingerprint density at radius 1 is 0.692 bits per heavy atom. The summed E-state index contributed by atoms with van der Waals surface area (Å²) >= 11 is 0. The Labute approximate surface area is 233 Å². The molecule has 4 rings (SSSR count). The van der Waals surface area contributed by atoms with Gasteiger partial charge in [-0.25, -0.2) is 4.18 Å². The monoisotopic (exact) mass is 543 g/mol. The van der Waals surface area contributed by atoms with Gasteiger partial charge in [-0.15, -0.1) is 0 Å². The van der Waals surface area contributed by atoms with E-state index in [9.17, 15) is 8.42 Å². The highest BCUT2D eigenvalue weighted by Crippen LogP contribution is 2.34. The summed E-state index contributed by atoms with van der Waals surface area (Å²) in [7, 11) is -0.267. The molecule has 39 heavy (non-hydrogen) atoms. The Balaban J connectivity index is 1.79. The molecule has 0 radical (unpaired) electrons. The Kier molecular flexibility index (Phi) is 9.36. The Bertz CT molecular complexity index is 1390. The third-order valence-electron chi connectivity index (χ3n) is 6.76. The highest BCUT2D eigenvalue weighted by molar-refractivity contribution is 7.86. The normalized spacial score (nSPS) is 13.5. The van der Waals surface area contributed by atoms with Crippen molar-refractivity contribution >= 4 is 10.1 Å². The van der Waals surface area contributed by atoms with E-state index in [1.54, 1.807) is 24.3 Å². The van der Waals surface area contributed by atoms with Gasteiger partial charge < -0.3 is 9.64 Å². The summed E-state index contributed by atoms with van der Waals surface area (Å²) < 4.78 is 39.6. The topological polar surface area (TPSA) is 55.8 Å². The molecule has 4 aromatic rings. The summed E-state index contributed by atoms with van der Waals surface area (Å²) in [6.45, 7) is 6.20. The number of nitrogens with zero attached hydrogens (tertiary/aromatic N) is 1. The van der Waals surface area contributed by atoms with E-state index in [-0.39, 0.29) is 17.4 Å². The zero-order valence-electron chi connectivity index (χ0n) is 23.2. The summed E-state index contributed by atoms with van der Waals surface area (Å²) in [4.78, 5) is 2.09. The lowest BCUT2D eigenvalue weighted by molar-refractivity contribution is -0.128. The first-order valence-electron chi connectivity index (χ1n) is 13.1. The molecular formula is C33H37NO4S. The fourth-order valence-corrected chi connectivity index (χ4v) is 6.01. The second-order valence-corrected chi connectivity index (χ2v) is 11.9. The van der Waals surface area contributed by atoms with Gasteiger partial charge >= 0.3 is 0 Å². The Morgan fingerprint density at radius 2 is 1.21 bits per heavy atom. The number of rotatable bonds is 11. The predicted octanol–water partition coefficient (Wildman–Crippen LogP) is 6.62. The van der Waals surface area contributed by atoms with Crippen LogP contribution in [0.3, 0.4) is 0 Å². The van der Waals surface area contributed by atoms with Crippen LogP contribution in [0.2, 0.25) is 0 Å². The zero-order chi connectivity index (χ0) is 28.0. The minimum absolute atomic E-state index is 0.0987. The first kappa shape index (κ1) is 28.7. The number of ether oxygens (including phenoxy) is 1. The average molecular weight is 544 g/mol. The van der Waals surface area contributed by atoms with Gasteiger partial charge in [0.05, 0.1) is 17.5 Å². The van der Waals surface area contributed by atoms with Crippen molar-refractivity contribution in [2.75, 3.05) is 14.1 Å². The lowest BCUT2D eigenvalue weighted by Crippen LogP contribution is -2.47. The van der Waals surface area contributed by atoms with Gasteiger partial charge in [0.25, 0.3) is 10.1 Å². The molecule has 204 valence electrons. The Morgan fingerprint density at radius 3 is 1.69 bits per heavy atom. The van der Waals surface area contributed by atoms with Crippen molar-refractivity contribution < 1.29 is 17.3 Å². The summed E-state index contributed by atoms with van der Waals surface area (Å²) in [5.41, 5.74) is 6.25. The van der Waals surface area contributed by atoms with Crippen LogP contribution in [0.1, 0.15) is 39.3 Å². The van der Waals surface area contributed by atoms with Crippen LogP contribution in [0.25, 0.3) is 0 Å². The van der Waals surface area contributed by atoms with Crippen molar-refractivity contribution in [3.63, 3.8) is 0 Å².